The van der Waals surface area contributed by atoms with E-state index in [4.69, 9.17) is 9.94 Å². The number of hydrogen-bond donors (Lipinski definition) is 3. The molecule has 0 fully saturated rings. The molecule has 3 N–H and O–H groups in total. The highest BCUT2D eigenvalue weighted by Crippen LogP contribution is 2.23. The summed E-state index contributed by atoms with van der Waals surface area (Å²) in [6, 6.07) is 11.1. The second kappa shape index (κ2) is 13.9. The van der Waals surface area contributed by atoms with Gasteiger partial charge in [-0.25, -0.2) is 10.3 Å². The van der Waals surface area contributed by atoms with Gasteiger partial charge in [0.05, 0.1) is 12.3 Å². The van der Waals surface area contributed by atoms with Crippen molar-refractivity contribution in [2.75, 3.05) is 25.1 Å². The summed E-state index contributed by atoms with van der Waals surface area (Å²) >= 11 is 0. The number of urea groups is 1. The van der Waals surface area contributed by atoms with Crippen LogP contribution in [0.1, 0.15) is 51.5 Å². The zero-order valence-corrected chi connectivity index (χ0v) is 19.6. The van der Waals surface area contributed by atoms with Gasteiger partial charge in [-0.1, -0.05) is 50.8 Å². The molecule has 33 heavy (non-hydrogen) atoms. The zero-order valence-electron chi connectivity index (χ0n) is 19.6. The second-order valence-corrected chi connectivity index (χ2v) is 7.61. The third kappa shape index (κ3) is 8.23. The second-order valence-electron chi connectivity index (χ2n) is 7.61. The fourth-order valence-corrected chi connectivity index (χ4v) is 3.23. The first-order valence-corrected chi connectivity index (χ1v) is 11.4. The van der Waals surface area contributed by atoms with E-state index in [1.165, 1.54) is 25.3 Å². The molecule has 8 heteroatoms. The van der Waals surface area contributed by atoms with Gasteiger partial charge in [0.25, 0.3) is 0 Å². The largest absolute Gasteiger partial charge is 0.488 e. The van der Waals surface area contributed by atoms with Crippen LogP contribution in [0.15, 0.2) is 48.4 Å². The molecule has 0 saturated carbocycles. The number of anilines is 1. The van der Waals surface area contributed by atoms with Crippen LogP contribution >= 0.6 is 0 Å². The average Bonchev–Trinajstić information content (AvgIpc) is 2.85. The maximum Gasteiger partial charge on any atom is 0.321 e. The molecule has 8 nitrogen and oxygen atoms in total. The standard InChI is InChI=1S/C25H34N4O4/c1-4-6-7-8-9-15-26-25(31)29(3)21-12-10-11-20(17-21)22-14-13-19(18-27-22)16-23(33-5-2)24(30)28-32/h10-14,16-18,32H,4-9,15H2,1-3H3,(H,26,31)(H,28,30)/b23-16+. The summed E-state index contributed by atoms with van der Waals surface area (Å²) in [5, 5.41) is 11.8. The van der Waals surface area contributed by atoms with Crippen molar-refractivity contribution in [1.29, 1.82) is 0 Å². The average molecular weight is 455 g/mol. The fourth-order valence-electron chi connectivity index (χ4n) is 3.23. The van der Waals surface area contributed by atoms with Gasteiger partial charge in [0.15, 0.2) is 5.76 Å². The predicted octanol–water partition coefficient (Wildman–Crippen LogP) is 4.75. The van der Waals surface area contributed by atoms with Crippen LogP contribution in [-0.4, -0.2) is 42.3 Å². The lowest BCUT2D eigenvalue weighted by molar-refractivity contribution is -0.128. The Hall–Kier alpha value is -3.39. The SMILES string of the molecule is CCCCCCCNC(=O)N(C)c1cccc(-c2ccc(/C=C(/OCC)C(=O)NO)cn2)c1. The normalized spacial score (nSPS) is 11.1. The van der Waals surface area contributed by atoms with Gasteiger partial charge in [-0.05, 0) is 43.2 Å². The number of nitrogens with one attached hydrogen (secondary N) is 2. The molecule has 1 heterocycles. The Morgan fingerprint density at radius 2 is 1.91 bits per heavy atom. The molecule has 2 rings (SSSR count). The van der Waals surface area contributed by atoms with E-state index in [0.29, 0.717) is 12.1 Å². The molecule has 0 spiro atoms. The smallest absolute Gasteiger partial charge is 0.321 e. The zero-order chi connectivity index (χ0) is 24.1. The highest BCUT2D eigenvalue weighted by molar-refractivity contribution is 5.95. The molecule has 2 aromatic rings. The number of hydroxylamine groups is 1. The summed E-state index contributed by atoms with van der Waals surface area (Å²) in [5.74, 6) is -0.731. The van der Waals surface area contributed by atoms with E-state index < -0.39 is 5.91 Å². The van der Waals surface area contributed by atoms with Gasteiger partial charge in [0, 0.05) is 31.0 Å². The van der Waals surface area contributed by atoms with E-state index in [1.54, 1.807) is 36.6 Å². The number of aromatic nitrogens is 1. The van der Waals surface area contributed by atoms with Crippen molar-refractivity contribution in [2.45, 2.75) is 46.0 Å². The minimum absolute atomic E-state index is 0.00505. The first kappa shape index (κ1) is 25.9. The van der Waals surface area contributed by atoms with Crippen LogP contribution in [0.5, 0.6) is 0 Å². The molecule has 1 aromatic heterocycles. The Morgan fingerprint density at radius 1 is 1.12 bits per heavy atom. The van der Waals surface area contributed by atoms with Crippen LogP contribution in [0.25, 0.3) is 17.3 Å². The number of nitrogens with zero attached hydrogens (tertiary/aromatic N) is 2. The molecular formula is C25H34N4O4. The minimum Gasteiger partial charge on any atom is -0.488 e. The molecular weight excluding hydrogens is 420 g/mol. The molecule has 178 valence electrons. The summed E-state index contributed by atoms with van der Waals surface area (Å²) in [4.78, 5) is 30.2. The quantitative estimate of drug-likeness (QED) is 0.141. The van der Waals surface area contributed by atoms with Crippen LogP contribution in [-0.2, 0) is 9.53 Å². The summed E-state index contributed by atoms with van der Waals surface area (Å²) in [6.45, 7) is 4.89. The Labute approximate surface area is 195 Å². The molecule has 1 aromatic carbocycles. The Morgan fingerprint density at radius 3 is 2.58 bits per heavy atom. The molecule has 0 saturated heterocycles. The third-order valence-corrected chi connectivity index (χ3v) is 5.10. The number of rotatable bonds is 12. The van der Waals surface area contributed by atoms with Crippen molar-refractivity contribution in [2.24, 2.45) is 0 Å². The topological polar surface area (TPSA) is 104 Å². The van der Waals surface area contributed by atoms with Gasteiger partial charge < -0.3 is 10.1 Å². The summed E-state index contributed by atoms with van der Waals surface area (Å²) in [6.07, 6.45) is 8.86. The van der Waals surface area contributed by atoms with Crippen molar-refractivity contribution < 1.29 is 19.5 Å². The van der Waals surface area contributed by atoms with Crippen LogP contribution in [0.2, 0.25) is 0 Å². The van der Waals surface area contributed by atoms with E-state index in [0.717, 1.165) is 29.8 Å². The van der Waals surface area contributed by atoms with E-state index in [2.05, 4.69) is 17.2 Å². The van der Waals surface area contributed by atoms with Crippen molar-refractivity contribution >= 4 is 23.7 Å². The maximum absolute atomic E-state index is 12.5. The number of ether oxygens (including phenoxy) is 1. The van der Waals surface area contributed by atoms with Crippen molar-refractivity contribution in [3.05, 3.63) is 53.9 Å². The molecule has 0 unspecified atom stereocenters. The summed E-state index contributed by atoms with van der Waals surface area (Å²) in [7, 11) is 1.74. The number of pyridine rings is 1. The lowest BCUT2D eigenvalue weighted by Gasteiger charge is -2.19. The highest BCUT2D eigenvalue weighted by atomic mass is 16.5. The predicted molar refractivity (Wildman–Crippen MR) is 130 cm³/mol. The first-order chi connectivity index (χ1) is 16.0. The van der Waals surface area contributed by atoms with Gasteiger partial charge in [-0.15, -0.1) is 0 Å². The molecule has 0 bridgehead atoms. The van der Waals surface area contributed by atoms with E-state index in [1.807, 2.05) is 30.3 Å². The number of benzene rings is 1. The molecule has 0 atom stereocenters. The Balaban J connectivity index is 2.04. The first-order valence-electron chi connectivity index (χ1n) is 11.4. The lowest BCUT2D eigenvalue weighted by atomic mass is 10.1. The van der Waals surface area contributed by atoms with Gasteiger partial charge in [-0.3, -0.25) is 19.9 Å². The van der Waals surface area contributed by atoms with Crippen LogP contribution < -0.4 is 15.7 Å². The van der Waals surface area contributed by atoms with Crippen molar-refractivity contribution in [3.8, 4) is 11.3 Å². The number of hydrogen-bond acceptors (Lipinski definition) is 5. The van der Waals surface area contributed by atoms with Gasteiger partial charge in [-0.2, -0.15) is 0 Å². The van der Waals surface area contributed by atoms with E-state index in [9.17, 15) is 9.59 Å². The Kier molecular flexibility index (Phi) is 10.9. The lowest BCUT2D eigenvalue weighted by Crippen LogP contribution is -2.37. The third-order valence-electron chi connectivity index (χ3n) is 5.10. The number of unbranched alkanes of at least 4 members (excludes halogenated alkanes) is 4. The van der Waals surface area contributed by atoms with Gasteiger partial charge in [0.1, 0.15) is 0 Å². The molecule has 0 aliphatic rings. The van der Waals surface area contributed by atoms with Crippen LogP contribution in [0.4, 0.5) is 10.5 Å². The molecule has 0 aliphatic carbocycles. The fraction of sp³-hybridized carbons (Fsp3) is 0.400. The van der Waals surface area contributed by atoms with E-state index >= 15 is 0 Å². The van der Waals surface area contributed by atoms with E-state index in [-0.39, 0.29) is 18.4 Å². The monoisotopic (exact) mass is 454 g/mol. The summed E-state index contributed by atoms with van der Waals surface area (Å²) in [5.41, 5.74) is 4.57. The van der Waals surface area contributed by atoms with Crippen molar-refractivity contribution in [3.63, 3.8) is 0 Å². The van der Waals surface area contributed by atoms with Gasteiger partial charge >= 0.3 is 11.9 Å². The molecule has 0 aliphatic heterocycles. The number of amides is 3. The minimum atomic E-state index is -0.726. The number of carbonyl (C=O) groups excluding carboxylic acids is 2. The maximum atomic E-state index is 12.5. The van der Waals surface area contributed by atoms with Crippen molar-refractivity contribution in [1.82, 2.24) is 15.8 Å². The van der Waals surface area contributed by atoms with Gasteiger partial charge in [0.2, 0.25) is 0 Å². The molecule has 0 radical (unpaired) electrons. The Bertz CT molecular complexity index is 928. The van der Waals surface area contributed by atoms with Crippen LogP contribution in [0.3, 0.4) is 0 Å². The molecule has 3 amide bonds. The highest BCUT2D eigenvalue weighted by Gasteiger charge is 2.12. The summed E-state index contributed by atoms with van der Waals surface area (Å²) < 4.78 is 5.25. The number of carbonyl (C=O) groups is 2. The van der Waals surface area contributed by atoms with Crippen LogP contribution in [0, 0.1) is 0 Å².